The molecule has 0 saturated heterocycles. The topological polar surface area (TPSA) is 64.2 Å². The summed E-state index contributed by atoms with van der Waals surface area (Å²) < 4.78 is 1.57. The second-order valence-electron chi connectivity index (χ2n) is 5.32. The summed E-state index contributed by atoms with van der Waals surface area (Å²) in [6, 6.07) is 8.21. The van der Waals surface area contributed by atoms with Crippen LogP contribution in [0.25, 0.3) is 0 Å². The molecule has 0 unspecified atom stereocenters. The number of hydrogen-bond donors (Lipinski definition) is 1. The third-order valence-corrected chi connectivity index (χ3v) is 3.33. The Kier molecular flexibility index (Phi) is 4.62. The maximum absolute atomic E-state index is 12.6. The van der Waals surface area contributed by atoms with Crippen molar-refractivity contribution in [3.05, 3.63) is 47.3 Å². The monoisotopic (exact) mass is 286 g/mol. The molecule has 112 valence electrons. The maximum Gasteiger partial charge on any atom is 0.276 e. The fourth-order valence-electron chi connectivity index (χ4n) is 2.26. The molecule has 1 aromatic carbocycles. The van der Waals surface area contributed by atoms with Crippen molar-refractivity contribution in [2.75, 3.05) is 12.3 Å². The molecule has 1 heterocycles. The lowest BCUT2D eigenvalue weighted by Crippen LogP contribution is -2.32. The van der Waals surface area contributed by atoms with Crippen LogP contribution in [0.2, 0.25) is 0 Å². The van der Waals surface area contributed by atoms with E-state index in [0.717, 1.165) is 12.0 Å². The van der Waals surface area contributed by atoms with Crippen LogP contribution >= 0.6 is 0 Å². The number of benzene rings is 1. The van der Waals surface area contributed by atoms with Crippen LogP contribution in [0.3, 0.4) is 0 Å². The molecule has 21 heavy (non-hydrogen) atoms. The Morgan fingerprint density at radius 2 is 2.00 bits per heavy atom. The van der Waals surface area contributed by atoms with Crippen molar-refractivity contribution in [1.82, 2.24) is 14.7 Å². The van der Waals surface area contributed by atoms with E-state index in [1.54, 1.807) is 22.8 Å². The Bertz CT molecular complexity index is 616. The molecule has 0 aliphatic rings. The summed E-state index contributed by atoms with van der Waals surface area (Å²) >= 11 is 0. The molecule has 1 aromatic heterocycles. The number of carbonyl (C=O) groups excluding carboxylic acids is 1. The van der Waals surface area contributed by atoms with Gasteiger partial charge in [0, 0.05) is 26.3 Å². The number of nitrogens with two attached hydrogens (primary N) is 1. The van der Waals surface area contributed by atoms with Crippen LogP contribution in [-0.4, -0.2) is 27.1 Å². The number of hydrogen-bond acceptors (Lipinski definition) is 3. The Labute approximate surface area is 125 Å². The molecular weight excluding hydrogens is 264 g/mol. The standard InChI is InChI=1S/C16H22N4O/c1-4-9-20(10-13-7-5-12(2)6-8-13)16(21)15-14(17)11-19(3)18-15/h5-8,11H,4,9-10,17H2,1-3H3. The molecule has 0 radical (unpaired) electrons. The van der Waals surface area contributed by atoms with E-state index in [9.17, 15) is 4.79 Å². The molecule has 2 rings (SSSR count). The van der Waals surface area contributed by atoms with E-state index in [1.807, 2.05) is 19.1 Å². The minimum absolute atomic E-state index is 0.115. The molecule has 0 fully saturated rings. The molecule has 0 saturated carbocycles. The number of nitrogen functional groups attached to an aromatic ring is 1. The molecule has 5 heteroatoms. The smallest absolute Gasteiger partial charge is 0.276 e. The first-order valence-electron chi connectivity index (χ1n) is 7.15. The van der Waals surface area contributed by atoms with E-state index < -0.39 is 0 Å². The van der Waals surface area contributed by atoms with Gasteiger partial charge in [0.25, 0.3) is 5.91 Å². The van der Waals surface area contributed by atoms with Crippen LogP contribution in [0.5, 0.6) is 0 Å². The van der Waals surface area contributed by atoms with Crippen LogP contribution in [0.15, 0.2) is 30.5 Å². The maximum atomic E-state index is 12.6. The van der Waals surface area contributed by atoms with Crippen molar-refractivity contribution < 1.29 is 4.79 Å². The van der Waals surface area contributed by atoms with Gasteiger partial charge in [-0.1, -0.05) is 36.8 Å². The fraction of sp³-hybridized carbons (Fsp3) is 0.375. The Morgan fingerprint density at radius 1 is 1.33 bits per heavy atom. The second-order valence-corrected chi connectivity index (χ2v) is 5.32. The van der Waals surface area contributed by atoms with Crippen LogP contribution < -0.4 is 5.73 Å². The molecule has 1 amide bonds. The number of nitrogens with zero attached hydrogens (tertiary/aromatic N) is 3. The molecule has 0 aliphatic carbocycles. The normalized spacial score (nSPS) is 10.6. The first kappa shape index (κ1) is 15.1. The van der Waals surface area contributed by atoms with E-state index in [1.165, 1.54) is 5.56 Å². The number of aryl methyl sites for hydroxylation is 2. The van der Waals surface area contributed by atoms with Crippen LogP contribution in [0.4, 0.5) is 5.69 Å². The highest BCUT2D eigenvalue weighted by atomic mass is 16.2. The van der Waals surface area contributed by atoms with E-state index >= 15 is 0 Å². The van der Waals surface area contributed by atoms with Crippen molar-refractivity contribution >= 4 is 11.6 Å². The Hall–Kier alpha value is -2.30. The van der Waals surface area contributed by atoms with Crippen LogP contribution in [0, 0.1) is 6.92 Å². The van der Waals surface area contributed by atoms with Gasteiger partial charge < -0.3 is 10.6 Å². The van der Waals surface area contributed by atoms with Gasteiger partial charge in [0.15, 0.2) is 5.69 Å². The second kappa shape index (κ2) is 6.43. The van der Waals surface area contributed by atoms with Gasteiger partial charge in [-0.25, -0.2) is 0 Å². The lowest BCUT2D eigenvalue weighted by Gasteiger charge is -2.21. The summed E-state index contributed by atoms with van der Waals surface area (Å²) in [6.07, 6.45) is 2.55. The number of carbonyl (C=O) groups is 1. The minimum atomic E-state index is -0.115. The first-order valence-corrected chi connectivity index (χ1v) is 7.15. The predicted octanol–water partition coefficient (Wildman–Crippen LogP) is 2.36. The number of rotatable bonds is 5. The highest BCUT2D eigenvalue weighted by Crippen LogP contribution is 2.15. The molecule has 2 N–H and O–H groups in total. The summed E-state index contributed by atoms with van der Waals surface area (Å²) in [6.45, 7) is 5.36. The zero-order valence-electron chi connectivity index (χ0n) is 12.8. The summed E-state index contributed by atoms with van der Waals surface area (Å²) in [4.78, 5) is 14.4. The van der Waals surface area contributed by atoms with E-state index in [2.05, 4.69) is 24.2 Å². The van der Waals surface area contributed by atoms with Gasteiger partial charge in [-0.3, -0.25) is 9.48 Å². The summed E-state index contributed by atoms with van der Waals surface area (Å²) in [5.74, 6) is -0.115. The van der Waals surface area contributed by atoms with Crippen molar-refractivity contribution in [1.29, 1.82) is 0 Å². The highest BCUT2D eigenvalue weighted by Gasteiger charge is 2.20. The average molecular weight is 286 g/mol. The lowest BCUT2D eigenvalue weighted by molar-refractivity contribution is 0.0737. The predicted molar refractivity (Wildman–Crippen MR) is 83.8 cm³/mol. The van der Waals surface area contributed by atoms with E-state index in [4.69, 9.17) is 5.73 Å². The Morgan fingerprint density at radius 3 is 2.52 bits per heavy atom. The number of anilines is 1. The minimum Gasteiger partial charge on any atom is -0.396 e. The van der Waals surface area contributed by atoms with Crippen LogP contribution in [-0.2, 0) is 13.6 Å². The van der Waals surface area contributed by atoms with E-state index in [0.29, 0.717) is 24.5 Å². The molecule has 2 aromatic rings. The SMILES string of the molecule is CCCN(Cc1ccc(C)cc1)C(=O)c1nn(C)cc1N. The summed E-state index contributed by atoms with van der Waals surface area (Å²) in [5, 5.41) is 4.17. The van der Waals surface area contributed by atoms with Gasteiger partial charge in [-0.05, 0) is 18.9 Å². The third kappa shape index (κ3) is 3.62. The molecule has 5 nitrogen and oxygen atoms in total. The first-order chi connectivity index (χ1) is 10.0. The Balaban J connectivity index is 2.20. The average Bonchev–Trinajstić information content (AvgIpc) is 2.79. The zero-order chi connectivity index (χ0) is 15.4. The quantitative estimate of drug-likeness (QED) is 0.917. The van der Waals surface area contributed by atoms with Crippen molar-refractivity contribution in [3.8, 4) is 0 Å². The van der Waals surface area contributed by atoms with Crippen LogP contribution in [0.1, 0.15) is 35.0 Å². The number of amides is 1. The fourth-order valence-corrected chi connectivity index (χ4v) is 2.26. The van der Waals surface area contributed by atoms with Gasteiger partial charge in [0.2, 0.25) is 0 Å². The third-order valence-electron chi connectivity index (χ3n) is 3.33. The van der Waals surface area contributed by atoms with Crippen molar-refractivity contribution in [3.63, 3.8) is 0 Å². The van der Waals surface area contributed by atoms with E-state index in [-0.39, 0.29) is 5.91 Å². The van der Waals surface area contributed by atoms with Gasteiger partial charge in [0.1, 0.15) is 0 Å². The van der Waals surface area contributed by atoms with Gasteiger partial charge in [0.05, 0.1) is 5.69 Å². The van der Waals surface area contributed by atoms with Gasteiger partial charge >= 0.3 is 0 Å². The largest absolute Gasteiger partial charge is 0.396 e. The molecule has 0 spiro atoms. The van der Waals surface area contributed by atoms with Gasteiger partial charge in [-0.15, -0.1) is 0 Å². The molecule has 0 aliphatic heterocycles. The summed E-state index contributed by atoms with van der Waals surface area (Å²) in [5.41, 5.74) is 8.93. The van der Waals surface area contributed by atoms with Crippen molar-refractivity contribution in [2.24, 2.45) is 7.05 Å². The van der Waals surface area contributed by atoms with Crippen molar-refractivity contribution in [2.45, 2.75) is 26.8 Å². The molecule has 0 atom stereocenters. The molecular formula is C16H22N4O. The zero-order valence-corrected chi connectivity index (χ0v) is 12.8. The highest BCUT2D eigenvalue weighted by molar-refractivity contribution is 5.97. The summed E-state index contributed by atoms with van der Waals surface area (Å²) in [7, 11) is 1.76. The number of aromatic nitrogens is 2. The lowest BCUT2D eigenvalue weighted by atomic mass is 10.1. The van der Waals surface area contributed by atoms with Gasteiger partial charge in [-0.2, -0.15) is 5.10 Å². The molecule has 0 bridgehead atoms.